The number of hydrogen-bond donors (Lipinski definition) is 1. The lowest BCUT2D eigenvalue weighted by molar-refractivity contribution is 0.462. The molecule has 164 valence electrons. The summed E-state index contributed by atoms with van der Waals surface area (Å²) in [6, 6.07) is 14.5. The Morgan fingerprint density at radius 3 is 2.91 bits per heavy atom. The van der Waals surface area contributed by atoms with E-state index in [0.717, 1.165) is 52.5 Å². The highest BCUT2D eigenvalue weighted by molar-refractivity contribution is 7.18. The summed E-state index contributed by atoms with van der Waals surface area (Å²) in [6.45, 7) is 1.28. The van der Waals surface area contributed by atoms with Crippen LogP contribution >= 0.6 is 11.3 Å². The molecular formula is C26H23N5OS. The van der Waals surface area contributed by atoms with Crippen molar-refractivity contribution < 1.29 is 0 Å². The van der Waals surface area contributed by atoms with Crippen molar-refractivity contribution in [2.24, 2.45) is 0 Å². The van der Waals surface area contributed by atoms with Gasteiger partial charge < -0.3 is 5.32 Å². The topological polar surface area (TPSA) is 72.7 Å². The van der Waals surface area contributed by atoms with Crippen LogP contribution in [-0.4, -0.2) is 25.6 Å². The quantitative estimate of drug-likeness (QED) is 0.434. The standard InChI is InChI=1S/C26H23N5OS/c32-26-23-21-9-8-20(29-14-17-4-2-10-27-13-17)12-22(21)33-25(23)30-16-31(26)15-19-6-1-5-18-7-3-11-28-24(18)19/h1-7,10-11,13,16,20,29H,8-9,12,14-15H2. The van der Waals surface area contributed by atoms with Gasteiger partial charge in [0.2, 0.25) is 0 Å². The molecule has 33 heavy (non-hydrogen) atoms. The van der Waals surface area contributed by atoms with Crippen molar-refractivity contribution in [3.8, 4) is 0 Å². The van der Waals surface area contributed by atoms with Gasteiger partial charge in [0.1, 0.15) is 4.83 Å². The number of benzene rings is 1. The molecule has 0 saturated carbocycles. The van der Waals surface area contributed by atoms with Crippen molar-refractivity contribution in [2.45, 2.75) is 38.4 Å². The maximum Gasteiger partial charge on any atom is 0.262 e. The molecule has 0 radical (unpaired) electrons. The third-order valence-corrected chi connectivity index (χ3v) is 7.57. The monoisotopic (exact) mass is 453 g/mol. The molecule has 1 aliphatic rings. The van der Waals surface area contributed by atoms with Gasteiger partial charge in [0.15, 0.2) is 0 Å². The third-order valence-electron chi connectivity index (χ3n) is 6.41. The summed E-state index contributed by atoms with van der Waals surface area (Å²) < 4.78 is 1.73. The second kappa shape index (κ2) is 8.50. The lowest BCUT2D eigenvalue weighted by Gasteiger charge is -2.23. The first-order valence-electron chi connectivity index (χ1n) is 11.2. The van der Waals surface area contributed by atoms with Gasteiger partial charge in [0, 0.05) is 41.4 Å². The highest BCUT2D eigenvalue weighted by Crippen LogP contribution is 2.33. The molecule has 1 aromatic carbocycles. The molecule has 6 rings (SSSR count). The van der Waals surface area contributed by atoms with Crippen molar-refractivity contribution in [2.75, 3.05) is 0 Å². The SMILES string of the molecule is O=c1c2c3c(sc2ncn1Cc1cccc2cccnc12)CC(NCc1cccnc1)CC3. The van der Waals surface area contributed by atoms with Crippen LogP contribution in [0.15, 0.2) is 72.2 Å². The van der Waals surface area contributed by atoms with Crippen LogP contribution < -0.4 is 10.9 Å². The van der Waals surface area contributed by atoms with Gasteiger partial charge in [-0.1, -0.05) is 30.3 Å². The van der Waals surface area contributed by atoms with Gasteiger partial charge in [-0.25, -0.2) is 4.98 Å². The summed E-state index contributed by atoms with van der Waals surface area (Å²) in [5.74, 6) is 0. The van der Waals surface area contributed by atoms with E-state index in [0.29, 0.717) is 12.6 Å². The Kier molecular flexibility index (Phi) is 5.20. The van der Waals surface area contributed by atoms with Crippen molar-refractivity contribution >= 4 is 32.5 Å². The molecule has 0 aliphatic heterocycles. The Hall–Kier alpha value is -3.42. The van der Waals surface area contributed by atoms with Gasteiger partial charge in [0.25, 0.3) is 5.56 Å². The molecule has 6 nitrogen and oxygen atoms in total. The van der Waals surface area contributed by atoms with Crippen molar-refractivity contribution in [1.29, 1.82) is 0 Å². The van der Waals surface area contributed by atoms with E-state index in [9.17, 15) is 4.79 Å². The molecule has 0 spiro atoms. The number of hydrogen-bond acceptors (Lipinski definition) is 6. The Bertz CT molecular complexity index is 1500. The van der Waals surface area contributed by atoms with E-state index in [2.05, 4.69) is 26.3 Å². The maximum absolute atomic E-state index is 13.5. The van der Waals surface area contributed by atoms with Gasteiger partial charge in [0.05, 0.1) is 23.8 Å². The van der Waals surface area contributed by atoms with Crippen LogP contribution in [-0.2, 0) is 25.9 Å². The van der Waals surface area contributed by atoms with E-state index in [1.165, 1.54) is 16.0 Å². The molecule has 0 bridgehead atoms. The lowest BCUT2D eigenvalue weighted by atomic mass is 9.93. The molecule has 7 heteroatoms. The number of nitrogens with zero attached hydrogens (tertiary/aromatic N) is 4. The Morgan fingerprint density at radius 1 is 1.09 bits per heavy atom. The lowest BCUT2D eigenvalue weighted by Crippen LogP contribution is -2.33. The molecular weight excluding hydrogens is 430 g/mol. The molecule has 0 amide bonds. The number of pyridine rings is 2. The minimum atomic E-state index is 0.0483. The molecule has 0 fully saturated rings. The minimum Gasteiger partial charge on any atom is -0.309 e. The zero-order valence-electron chi connectivity index (χ0n) is 18.1. The second-order valence-corrected chi connectivity index (χ2v) is 9.62. The fourth-order valence-corrected chi connectivity index (χ4v) is 5.99. The highest BCUT2D eigenvalue weighted by atomic mass is 32.1. The molecule has 0 saturated heterocycles. The fraction of sp³-hybridized carbons (Fsp3) is 0.231. The Morgan fingerprint density at radius 2 is 2.00 bits per heavy atom. The molecule has 1 atom stereocenters. The normalized spacial score (nSPS) is 15.7. The number of nitrogens with one attached hydrogen (secondary N) is 1. The minimum absolute atomic E-state index is 0.0483. The van der Waals surface area contributed by atoms with Crippen LogP contribution in [0.4, 0.5) is 0 Å². The molecule has 1 aliphatic carbocycles. The van der Waals surface area contributed by atoms with Gasteiger partial charge in [-0.2, -0.15) is 0 Å². The zero-order valence-corrected chi connectivity index (χ0v) is 18.9. The largest absolute Gasteiger partial charge is 0.309 e. The van der Waals surface area contributed by atoms with Gasteiger partial charge in [-0.05, 0) is 48.1 Å². The van der Waals surface area contributed by atoms with Crippen LogP contribution in [0.1, 0.15) is 28.0 Å². The van der Waals surface area contributed by atoms with Crippen LogP contribution in [0, 0.1) is 0 Å². The van der Waals surface area contributed by atoms with Crippen LogP contribution in [0.3, 0.4) is 0 Å². The first-order valence-corrected chi connectivity index (χ1v) is 12.0. The van der Waals surface area contributed by atoms with E-state index in [-0.39, 0.29) is 5.56 Å². The number of thiophene rings is 1. The number of rotatable bonds is 5. The first kappa shape index (κ1) is 20.2. The first-order chi connectivity index (χ1) is 16.3. The second-order valence-electron chi connectivity index (χ2n) is 8.54. The van der Waals surface area contributed by atoms with E-state index in [1.54, 1.807) is 34.6 Å². The van der Waals surface area contributed by atoms with Crippen LogP contribution in [0.25, 0.3) is 21.1 Å². The predicted octanol–water partition coefficient (Wildman–Crippen LogP) is 4.10. The third kappa shape index (κ3) is 3.83. The average Bonchev–Trinajstić information content (AvgIpc) is 3.24. The van der Waals surface area contributed by atoms with Gasteiger partial charge in [-0.3, -0.25) is 19.3 Å². The summed E-state index contributed by atoms with van der Waals surface area (Å²) in [6.07, 6.45) is 10.0. The summed E-state index contributed by atoms with van der Waals surface area (Å²) in [4.78, 5) is 29.0. The summed E-state index contributed by atoms with van der Waals surface area (Å²) in [5.41, 5.74) is 4.39. The number of para-hydroxylation sites is 1. The summed E-state index contributed by atoms with van der Waals surface area (Å²) in [7, 11) is 0. The smallest absolute Gasteiger partial charge is 0.262 e. The number of aryl methyl sites for hydroxylation is 1. The molecule has 4 heterocycles. The van der Waals surface area contributed by atoms with Crippen LogP contribution in [0.2, 0.25) is 0 Å². The van der Waals surface area contributed by atoms with Crippen LogP contribution in [0.5, 0.6) is 0 Å². The summed E-state index contributed by atoms with van der Waals surface area (Å²) >= 11 is 1.67. The van der Waals surface area contributed by atoms with Crippen molar-refractivity contribution in [3.05, 3.63) is 99.3 Å². The van der Waals surface area contributed by atoms with E-state index in [4.69, 9.17) is 0 Å². The van der Waals surface area contributed by atoms with E-state index >= 15 is 0 Å². The molecule has 4 aromatic heterocycles. The average molecular weight is 454 g/mol. The number of aromatic nitrogens is 4. The Balaban J connectivity index is 1.28. The maximum atomic E-state index is 13.5. The van der Waals surface area contributed by atoms with Crippen molar-refractivity contribution in [1.82, 2.24) is 24.8 Å². The van der Waals surface area contributed by atoms with Crippen molar-refractivity contribution in [3.63, 3.8) is 0 Å². The fourth-order valence-electron chi connectivity index (χ4n) is 4.73. The predicted molar refractivity (Wildman–Crippen MR) is 132 cm³/mol. The molecule has 5 aromatic rings. The Labute approximate surface area is 195 Å². The zero-order chi connectivity index (χ0) is 22.2. The van der Waals surface area contributed by atoms with Gasteiger partial charge in [-0.15, -0.1) is 11.3 Å². The highest BCUT2D eigenvalue weighted by Gasteiger charge is 2.25. The molecule has 1 N–H and O–H groups in total. The molecule has 1 unspecified atom stereocenters. The number of fused-ring (bicyclic) bond motifs is 4. The summed E-state index contributed by atoms with van der Waals surface area (Å²) in [5, 5.41) is 5.54. The van der Waals surface area contributed by atoms with Gasteiger partial charge >= 0.3 is 0 Å². The van der Waals surface area contributed by atoms with E-state index in [1.807, 2.05) is 42.6 Å². The van der Waals surface area contributed by atoms with E-state index < -0.39 is 0 Å².